The van der Waals surface area contributed by atoms with Gasteiger partial charge in [-0.2, -0.15) is 0 Å². The highest BCUT2D eigenvalue weighted by Gasteiger charge is 2.19. The van der Waals surface area contributed by atoms with Crippen LogP contribution < -0.4 is 24.3 Å². The fourth-order valence-electron chi connectivity index (χ4n) is 2.57. The van der Waals surface area contributed by atoms with E-state index in [1.165, 1.54) is 0 Å². The molecule has 0 fully saturated rings. The van der Waals surface area contributed by atoms with Gasteiger partial charge < -0.3 is 24.3 Å². The van der Waals surface area contributed by atoms with E-state index in [1.807, 2.05) is 6.92 Å². The summed E-state index contributed by atoms with van der Waals surface area (Å²) in [4.78, 5) is 12.5. The van der Waals surface area contributed by atoms with Gasteiger partial charge >= 0.3 is 0 Å². The van der Waals surface area contributed by atoms with Crippen molar-refractivity contribution in [1.29, 1.82) is 0 Å². The summed E-state index contributed by atoms with van der Waals surface area (Å²) in [5, 5.41) is 3.43. The Kier molecular flexibility index (Phi) is 7.61. The van der Waals surface area contributed by atoms with E-state index in [9.17, 15) is 4.79 Å². The molecule has 0 saturated heterocycles. The predicted octanol–water partition coefficient (Wildman–Crippen LogP) is 3.84. The highest BCUT2D eigenvalue weighted by molar-refractivity contribution is 6.30. The van der Waals surface area contributed by atoms with Gasteiger partial charge in [-0.15, -0.1) is 0 Å². The summed E-state index contributed by atoms with van der Waals surface area (Å²) < 4.78 is 21.7. The predicted molar refractivity (Wildman–Crippen MR) is 104 cm³/mol. The van der Waals surface area contributed by atoms with Gasteiger partial charge in [0.05, 0.1) is 21.3 Å². The first-order valence-corrected chi connectivity index (χ1v) is 8.89. The van der Waals surface area contributed by atoms with Crippen molar-refractivity contribution < 1.29 is 23.7 Å². The molecule has 2 aromatic carbocycles. The average molecular weight is 394 g/mol. The van der Waals surface area contributed by atoms with E-state index in [1.54, 1.807) is 57.7 Å². The van der Waals surface area contributed by atoms with Crippen LogP contribution in [0.4, 0.5) is 0 Å². The van der Waals surface area contributed by atoms with E-state index >= 15 is 0 Å². The Bertz CT molecular complexity index is 756. The summed E-state index contributed by atoms with van der Waals surface area (Å²) in [5.41, 5.74) is 0.815. The molecule has 0 aromatic heterocycles. The van der Waals surface area contributed by atoms with Gasteiger partial charge in [0, 0.05) is 11.6 Å². The molecule has 0 aliphatic rings. The lowest BCUT2D eigenvalue weighted by atomic mass is 10.1. The third kappa shape index (κ3) is 5.44. The lowest BCUT2D eigenvalue weighted by Crippen LogP contribution is -2.37. The van der Waals surface area contributed by atoms with Crippen molar-refractivity contribution in [2.24, 2.45) is 0 Å². The van der Waals surface area contributed by atoms with Gasteiger partial charge in [0.1, 0.15) is 5.75 Å². The van der Waals surface area contributed by atoms with Gasteiger partial charge in [0.15, 0.2) is 17.6 Å². The van der Waals surface area contributed by atoms with Crippen molar-refractivity contribution in [3.05, 3.63) is 47.0 Å². The largest absolute Gasteiger partial charge is 0.493 e. The maximum Gasteiger partial charge on any atom is 0.261 e. The minimum absolute atomic E-state index is 0.216. The molecule has 0 radical (unpaired) electrons. The molecule has 0 aliphatic carbocycles. The van der Waals surface area contributed by atoms with Crippen LogP contribution >= 0.6 is 11.6 Å². The summed E-state index contributed by atoms with van der Waals surface area (Å²) in [7, 11) is 4.64. The molecule has 27 heavy (non-hydrogen) atoms. The molecular formula is C20H24ClNO5. The van der Waals surface area contributed by atoms with Crippen LogP contribution in [0, 0.1) is 0 Å². The fourth-order valence-corrected chi connectivity index (χ4v) is 2.75. The SMILES string of the molecule is CCC(Oc1cccc(Cl)c1)C(=O)NCc1cc(OC)c(OC)c(OC)c1. The van der Waals surface area contributed by atoms with Gasteiger partial charge in [-0.1, -0.05) is 24.6 Å². The summed E-state index contributed by atoms with van der Waals surface area (Å²) in [6, 6.07) is 10.6. The smallest absolute Gasteiger partial charge is 0.261 e. The first kappa shape index (κ1) is 20.7. The number of hydrogen-bond donors (Lipinski definition) is 1. The van der Waals surface area contributed by atoms with Crippen LogP contribution in [0.3, 0.4) is 0 Å². The number of hydrogen-bond acceptors (Lipinski definition) is 5. The van der Waals surface area contributed by atoms with E-state index in [2.05, 4.69) is 5.32 Å². The van der Waals surface area contributed by atoms with E-state index < -0.39 is 6.10 Å². The molecule has 146 valence electrons. The number of nitrogens with one attached hydrogen (secondary N) is 1. The van der Waals surface area contributed by atoms with E-state index in [4.69, 9.17) is 30.5 Å². The average Bonchev–Trinajstić information content (AvgIpc) is 2.69. The van der Waals surface area contributed by atoms with Crippen molar-refractivity contribution in [1.82, 2.24) is 5.32 Å². The molecule has 1 N–H and O–H groups in total. The summed E-state index contributed by atoms with van der Waals surface area (Å²) >= 11 is 5.96. The zero-order chi connectivity index (χ0) is 19.8. The molecule has 6 nitrogen and oxygen atoms in total. The number of carbonyl (C=O) groups excluding carboxylic acids is 1. The number of halogens is 1. The Morgan fingerprint density at radius 3 is 2.26 bits per heavy atom. The van der Waals surface area contributed by atoms with Crippen LogP contribution in [0.15, 0.2) is 36.4 Å². The van der Waals surface area contributed by atoms with Crippen molar-refractivity contribution in [2.45, 2.75) is 26.0 Å². The number of ether oxygens (including phenoxy) is 4. The van der Waals surface area contributed by atoms with E-state index in [0.29, 0.717) is 41.0 Å². The Morgan fingerprint density at radius 1 is 1.07 bits per heavy atom. The van der Waals surface area contributed by atoms with Gasteiger partial charge in [-0.25, -0.2) is 0 Å². The summed E-state index contributed by atoms with van der Waals surface area (Å²) in [5.74, 6) is 1.90. The Balaban J connectivity index is 2.07. The molecule has 0 aliphatic heterocycles. The third-order valence-electron chi connectivity index (χ3n) is 3.93. The second kappa shape index (κ2) is 9.92. The Hall–Kier alpha value is -2.60. The van der Waals surface area contributed by atoms with Gasteiger partial charge in [-0.3, -0.25) is 4.79 Å². The molecule has 2 rings (SSSR count). The van der Waals surface area contributed by atoms with E-state index in [0.717, 1.165) is 5.56 Å². The lowest BCUT2D eigenvalue weighted by Gasteiger charge is -2.18. The standard InChI is InChI=1S/C20H24ClNO5/c1-5-16(27-15-8-6-7-14(21)11-15)20(23)22-12-13-9-17(24-2)19(26-4)18(10-13)25-3/h6-11,16H,5,12H2,1-4H3,(H,22,23). The molecule has 1 atom stereocenters. The molecule has 2 aromatic rings. The lowest BCUT2D eigenvalue weighted by molar-refractivity contribution is -0.128. The molecule has 0 saturated carbocycles. The minimum Gasteiger partial charge on any atom is -0.493 e. The summed E-state index contributed by atoms with van der Waals surface area (Å²) in [6.45, 7) is 2.18. The summed E-state index contributed by atoms with van der Waals surface area (Å²) in [6.07, 6.45) is -0.0985. The van der Waals surface area contributed by atoms with Gasteiger partial charge in [-0.05, 0) is 42.3 Å². The first-order valence-electron chi connectivity index (χ1n) is 8.51. The quantitative estimate of drug-likeness (QED) is 0.701. The van der Waals surface area contributed by atoms with E-state index in [-0.39, 0.29) is 5.91 Å². The highest BCUT2D eigenvalue weighted by atomic mass is 35.5. The number of amides is 1. The molecule has 7 heteroatoms. The van der Waals surface area contributed by atoms with Crippen LogP contribution in [0.1, 0.15) is 18.9 Å². The number of rotatable bonds is 9. The van der Waals surface area contributed by atoms with Crippen LogP contribution in [-0.2, 0) is 11.3 Å². The fraction of sp³-hybridized carbons (Fsp3) is 0.350. The second-order valence-corrected chi connectivity index (χ2v) is 6.16. The van der Waals surface area contributed by atoms with Crippen molar-refractivity contribution >= 4 is 17.5 Å². The molecular weight excluding hydrogens is 370 g/mol. The number of benzene rings is 2. The molecule has 0 spiro atoms. The monoisotopic (exact) mass is 393 g/mol. The van der Waals surface area contributed by atoms with Crippen molar-refractivity contribution in [2.75, 3.05) is 21.3 Å². The van der Waals surface area contributed by atoms with Crippen LogP contribution in [-0.4, -0.2) is 33.3 Å². The molecule has 1 unspecified atom stereocenters. The Labute approximate surface area is 164 Å². The van der Waals surface area contributed by atoms with Crippen LogP contribution in [0.5, 0.6) is 23.0 Å². The van der Waals surface area contributed by atoms with Crippen molar-refractivity contribution in [3.8, 4) is 23.0 Å². The molecule has 1 amide bonds. The number of carbonyl (C=O) groups is 1. The first-order chi connectivity index (χ1) is 13.0. The highest BCUT2D eigenvalue weighted by Crippen LogP contribution is 2.38. The van der Waals surface area contributed by atoms with Crippen LogP contribution in [0.25, 0.3) is 0 Å². The normalized spacial score (nSPS) is 11.4. The minimum atomic E-state index is -0.620. The zero-order valence-electron chi connectivity index (χ0n) is 15.9. The third-order valence-corrected chi connectivity index (χ3v) is 4.16. The number of methoxy groups -OCH3 is 3. The molecule has 0 bridgehead atoms. The topological polar surface area (TPSA) is 66.0 Å². The second-order valence-electron chi connectivity index (χ2n) is 5.72. The maximum atomic E-state index is 12.5. The molecule has 0 heterocycles. The Morgan fingerprint density at radius 2 is 1.74 bits per heavy atom. The maximum absolute atomic E-state index is 12.5. The van der Waals surface area contributed by atoms with Gasteiger partial charge in [0.2, 0.25) is 5.75 Å². The van der Waals surface area contributed by atoms with Crippen LogP contribution in [0.2, 0.25) is 5.02 Å². The zero-order valence-corrected chi connectivity index (χ0v) is 16.6. The van der Waals surface area contributed by atoms with Crippen molar-refractivity contribution in [3.63, 3.8) is 0 Å². The van der Waals surface area contributed by atoms with Gasteiger partial charge in [0.25, 0.3) is 5.91 Å².